The summed E-state index contributed by atoms with van der Waals surface area (Å²) in [7, 11) is 0. The standard InChI is InChI=1S/C19H34O3/c1-3-4-5-6-7-8-9-10-11-12-13-14-15-17-18(20)16(2)22-19(17)21/h15-16,18,20H,3-14H2,1-2H3/t16-,18+/m1/s1. The Bertz CT molecular complexity index is 336. The molecule has 0 aromatic heterocycles. The molecule has 0 aromatic carbocycles. The predicted octanol–water partition coefficient (Wildman–Crippen LogP) is 4.92. The van der Waals surface area contributed by atoms with E-state index in [9.17, 15) is 9.90 Å². The van der Waals surface area contributed by atoms with Crippen LogP contribution in [0.25, 0.3) is 0 Å². The topological polar surface area (TPSA) is 46.5 Å². The van der Waals surface area contributed by atoms with Gasteiger partial charge in [-0.1, -0.05) is 77.2 Å². The maximum atomic E-state index is 11.5. The smallest absolute Gasteiger partial charge is 0.336 e. The summed E-state index contributed by atoms with van der Waals surface area (Å²) in [5, 5.41) is 9.79. The Morgan fingerprint density at radius 2 is 1.45 bits per heavy atom. The summed E-state index contributed by atoms with van der Waals surface area (Å²) in [4.78, 5) is 11.5. The van der Waals surface area contributed by atoms with E-state index in [4.69, 9.17) is 4.74 Å². The summed E-state index contributed by atoms with van der Waals surface area (Å²) in [5.74, 6) is -0.344. The highest BCUT2D eigenvalue weighted by Gasteiger charge is 2.34. The first-order valence-corrected chi connectivity index (χ1v) is 9.26. The third kappa shape index (κ3) is 7.44. The minimum Gasteiger partial charge on any atom is -0.456 e. The Hall–Kier alpha value is -0.830. The lowest BCUT2D eigenvalue weighted by Gasteiger charge is -2.04. The molecule has 0 amide bonds. The second-order valence-corrected chi connectivity index (χ2v) is 6.54. The molecule has 0 aliphatic carbocycles. The normalized spacial score (nSPS) is 23.2. The highest BCUT2D eigenvalue weighted by Crippen LogP contribution is 2.22. The first kappa shape index (κ1) is 19.2. The number of hydrogen-bond donors (Lipinski definition) is 1. The van der Waals surface area contributed by atoms with Crippen LogP contribution in [-0.4, -0.2) is 23.3 Å². The lowest BCUT2D eigenvalue weighted by molar-refractivity contribution is -0.138. The van der Waals surface area contributed by atoms with E-state index < -0.39 is 12.2 Å². The first-order valence-electron chi connectivity index (χ1n) is 9.26. The van der Waals surface area contributed by atoms with Crippen molar-refractivity contribution in [1.29, 1.82) is 0 Å². The van der Waals surface area contributed by atoms with Crippen LogP contribution < -0.4 is 0 Å². The largest absolute Gasteiger partial charge is 0.456 e. The van der Waals surface area contributed by atoms with Crippen molar-refractivity contribution < 1.29 is 14.6 Å². The van der Waals surface area contributed by atoms with E-state index in [1.54, 1.807) is 6.92 Å². The van der Waals surface area contributed by atoms with Gasteiger partial charge in [-0.25, -0.2) is 4.79 Å². The summed E-state index contributed by atoms with van der Waals surface area (Å²) in [5.41, 5.74) is 0.458. The molecule has 1 aliphatic rings. The molecule has 2 atom stereocenters. The molecule has 1 saturated heterocycles. The molecular formula is C19H34O3. The van der Waals surface area contributed by atoms with E-state index in [0.717, 1.165) is 12.8 Å². The number of unbranched alkanes of at least 4 members (excludes halogenated alkanes) is 11. The van der Waals surface area contributed by atoms with Crippen molar-refractivity contribution in [2.24, 2.45) is 0 Å². The highest BCUT2D eigenvalue weighted by atomic mass is 16.6. The van der Waals surface area contributed by atoms with Crippen molar-refractivity contribution in [3.63, 3.8) is 0 Å². The molecule has 0 aromatic rings. The van der Waals surface area contributed by atoms with Gasteiger partial charge in [0.25, 0.3) is 0 Å². The Labute approximate surface area is 136 Å². The second-order valence-electron chi connectivity index (χ2n) is 6.54. The molecular weight excluding hydrogens is 276 g/mol. The van der Waals surface area contributed by atoms with Crippen molar-refractivity contribution in [2.75, 3.05) is 0 Å². The Morgan fingerprint density at radius 1 is 0.955 bits per heavy atom. The molecule has 0 unspecified atom stereocenters. The zero-order chi connectivity index (χ0) is 16.2. The Morgan fingerprint density at radius 3 is 1.91 bits per heavy atom. The van der Waals surface area contributed by atoms with Crippen molar-refractivity contribution in [3.8, 4) is 0 Å². The number of esters is 1. The quantitative estimate of drug-likeness (QED) is 0.316. The molecule has 1 heterocycles. The molecule has 3 heteroatoms. The molecule has 1 aliphatic heterocycles. The molecule has 22 heavy (non-hydrogen) atoms. The highest BCUT2D eigenvalue weighted by molar-refractivity contribution is 5.92. The number of ether oxygens (including phenoxy) is 1. The van der Waals surface area contributed by atoms with Gasteiger partial charge in [-0.15, -0.1) is 0 Å². The molecule has 0 bridgehead atoms. The Kier molecular flexibility index (Phi) is 10.2. The zero-order valence-corrected chi connectivity index (χ0v) is 14.5. The summed E-state index contributed by atoms with van der Waals surface area (Å²) >= 11 is 0. The van der Waals surface area contributed by atoms with Crippen molar-refractivity contribution in [3.05, 3.63) is 11.6 Å². The average Bonchev–Trinajstić information content (AvgIpc) is 2.74. The second kappa shape index (κ2) is 11.7. The number of allylic oxidation sites excluding steroid dienone is 1. The third-order valence-electron chi connectivity index (χ3n) is 4.46. The molecule has 3 nitrogen and oxygen atoms in total. The van der Waals surface area contributed by atoms with E-state index in [0.29, 0.717) is 5.57 Å². The van der Waals surface area contributed by atoms with Gasteiger partial charge in [0.2, 0.25) is 0 Å². The number of aliphatic hydroxyl groups is 1. The van der Waals surface area contributed by atoms with Crippen LogP contribution in [0.1, 0.15) is 90.9 Å². The van der Waals surface area contributed by atoms with Gasteiger partial charge in [0.15, 0.2) is 0 Å². The van der Waals surface area contributed by atoms with Crippen molar-refractivity contribution in [2.45, 2.75) is 103 Å². The molecule has 1 rings (SSSR count). The van der Waals surface area contributed by atoms with E-state index in [2.05, 4.69) is 6.92 Å². The summed E-state index contributed by atoms with van der Waals surface area (Å²) in [6, 6.07) is 0. The van der Waals surface area contributed by atoms with Gasteiger partial charge < -0.3 is 9.84 Å². The van der Waals surface area contributed by atoms with Gasteiger partial charge in [0.05, 0.1) is 5.57 Å². The minimum atomic E-state index is -0.736. The maximum absolute atomic E-state index is 11.5. The fourth-order valence-electron chi connectivity index (χ4n) is 2.95. The minimum absolute atomic E-state index is 0.344. The van der Waals surface area contributed by atoms with Crippen LogP contribution in [0, 0.1) is 0 Å². The van der Waals surface area contributed by atoms with Crippen LogP contribution in [0.15, 0.2) is 11.6 Å². The van der Waals surface area contributed by atoms with Crippen molar-refractivity contribution >= 4 is 5.97 Å². The van der Waals surface area contributed by atoms with Crippen LogP contribution in [0.2, 0.25) is 0 Å². The van der Waals surface area contributed by atoms with Gasteiger partial charge in [0, 0.05) is 0 Å². The van der Waals surface area contributed by atoms with Crippen LogP contribution in [-0.2, 0) is 9.53 Å². The van der Waals surface area contributed by atoms with Crippen LogP contribution in [0.4, 0.5) is 0 Å². The van der Waals surface area contributed by atoms with Gasteiger partial charge in [-0.05, 0) is 19.8 Å². The van der Waals surface area contributed by atoms with E-state index in [1.165, 1.54) is 64.2 Å². The third-order valence-corrected chi connectivity index (χ3v) is 4.46. The average molecular weight is 310 g/mol. The van der Waals surface area contributed by atoms with E-state index in [-0.39, 0.29) is 5.97 Å². The number of carbonyl (C=O) groups excluding carboxylic acids is 1. The van der Waals surface area contributed by atoms with Gasteiger partial charge in [-0.3, -0.25) is 0 Å². The fraction of sp³-hybridized carbons (Fsp3) is 0.842. The predicted molar refractivity (Wildman–Crippen MR) is 90.7 cm³/mol. The molecule has 0 saturated carbocycles. The lowest BCUT2D eigenvalue weighted by atomic mass is 10.0. The number of rotatable bonds is 12. The maximum Gasteiger partial charge on any atom is 0.336 e. The van der Waals surface area contributed by atoms with Crippen LogP contribution in [0.3, 0.4) is 0 Å². The molecule has 0 spiro atoms. The Balaban J connectivity index is 1.93. The van der Waals surface area contributed by atoms with Crippen LogP contribution in [0.5, 0.6) is 0 Å². The number of aliphatic hydroxyl groups excluding tert-OH is 1. The lowest BCUT2D eigenvalue weighted by Crippen LogP contribution is -2.17. The molecule has 1 fully saturated rings. The SMILES string of the molecule is CCCCCCCCCCCCCC=C1C(=O)O[C@H](C)[C@@H]1O. The first-order chi connectivity index (χ1) is 10.7. The number of hydrogen-bond acceptors (Lipinski definition) is 3. The monoisotopic (exact) mass is 310 g/mol. The van der Waals surface area contributed by atoms with Gasteiger partial charge >= 0.3 is 5.97 Å². The fourth-order valence-corrected chi connectivity index (χ4v) is 2.95. The number of carbonyl (C=O) groups is 1. The van der Waals surface area contributed by atoms with Gasteiger partial charge in [-0.2, -0.15) is 0 Å². The zero-order valence-electron chi connectivity index (χ0n) is 14.5. The van der Waals surface area contributed by atoms with Gasteiger partial charge in [0.1, 0.15) is 12.2 Å². The summed E-state index contributed by atoms with van der Waals surface area (Å²) < 4.78 is 4.99. The molecule has 0 radical (unpaired) electrons. The number of cyclic esters (lactones) is 1. The van der Waals surface area contributed by atoms with Crippen LogP contribution >= 0.6 is 0 Å². The van der Waals surface area contributed by atoms with E-state index >= 15 is 0 Å². The molecule has 128 valence electrons. The van der Waals surface area contributed by atoms with Crippen molar-refractivity contribution in [1.82, 2.24) is 0 Å². The molecule has 1 N–H and O–H groups in total. The summed E-state index contributed by atoms with van der Waals surface area (Å²) in [6.07, 6.45) is 16.1. The summed E-state index contributed by atoms with van der Waals surface area (Å²) in [6.45, 7) is 3.98. The van der Waals surface area contributed by atoms with E-state index in [1.807, 2.05) is 6.08 Å².